The van der Waals surface area contributed by atoms with Crippen LogP contribution in [0.15, 0.2) is 35.1 Å². The fraction of sp³-hybridized carbons (Fsp3) is 0.500. The van der Waals surface area contributed by atoms with Crippen molar-refractivity contribution in [3.8, 4) is 5.88 Å². The number of sulfonamides is 1. The van der Waals surface area contributed by atoms with E-state index in [4.69, 9.17) is 20.4 Å². The molecule has 1 aliphatic rings. The largest absolute Gasteiger partial charge is 0.490 e. The van der Waals surface area contributed by atoms with Crippen LogP contribution in [-0.4, -0.2) is 61.2 Å². The van der Waals surface area contributed by atoms with Crippen LogP contribution < -0.4 is 10.5 Å². The van der Waals surface area contributed by atoms with Gasteiger partial charge in [-0.25, -0.2) is 22.6 Å². The van der Waals surface area contributed by atoms with Crippen molar-refractivity contribution in [2.24, 2.45) is 5.73 Å². The van der Waals surface area contributed by atoms with Crippen LogP contribution in [0.2, 0.25) is 0 Å². The van der Waals surface area contributed by atoms with Crippen molar-refractivity contribution in [3.63, 3.8) is 0 Å². The predicted molar refractivity (Wildman–Crippen MR) is 94.3 cm³/mol. The van der Waals surface area contributed by atoms with E-state index >= 15 is 0 Å². The molecular weight excluding hydrogens is 422 g/mol. The number of halogens is 4. The third kappa shape index (κ3) is 7.95. The van der Waals surface area contributed by atoms with Gasteiger partial charge in [0.2, 0.25) is 15.9 Å². The third-order valence-electron chi connectivity index (χ3n) is 3.73. The molecule has 0 saturated carbocycles. The van der Waals surface area contributed by atoms with E-state index in [0.29, 0.717) is 25.0 Å². The lowest BCUT2D eigenvalue weighted by molar-refractivity contribution is -0.192. The summed E-state index contributed by atoms with van der Waals surface area (Å²) in [6.07, 6.45) is -0.602. The van der Waals surface area contributed by atoms with Gasteiger partial charge >= 0.3 is 12.1 Å². The summed E-state index contributed by atoms with van der Waals surface area (Å²) >= 11 is 0. The Morgan fingerprint density at radius 3 is 2.28 bits per heavy atom. The van der Waals surface area contributed by atoms with Crippen molar-refractivity contribution in [2.75, 3.05) is 26.2 Å². The van der Waals surface area contributed by atoms with E-state index in [9.17, 15) is 26.0 Å². The monoisotopic (exact) mass is 443 g/mol. The van der Waals surface area contributed by atoms with Crippen LogP contribution in [0.4, 0.5) is 17.6 Å². The van der Waals surface area contributed by atoms with Crippen molar-refractivity contribution >= 4 is 16.0 Å². The molecule has 0 bridgehead atoms. The number of ether oxygens (including phenoxy) is 1. The van der Waals surface area contributed by atoms with Crippen LogP contribution in [0.25, 0.3) is 0 Å². The Kier molecular flexibility index (Phi) is 9.46. The summed E-state index contributed by atoms with van der Waals surface area (Å²) in [5.74, 6) is -2.53. The Balaban J connectivity index is 0.000000516. The van der Waals surface area contributed by atoms with Crippen molar-refractivity contribution in [3.05, 3.63) is 30.2 Å². The summed E-state index contributed by atoms with van der Waals surface area (Å²) in [6.45, 7) is 1.12. The fourth-order valence-corrected chi connectivity index (χ4v) is 3.62. The molecule has 2 heterocycles. The fourth-order valence-electron chi connectivity index (χ4n) is 2.16. The first-order chi connectivity index (χ1) is 13.5. The van der Waals surface area contributed by atoms with Crippen molar-refractivity contribution in [1.29, 1.82) is 0 Å². The Morgan fingerprint density at radius 2 is 1.86 bits per heavy atom. The first-order valence-corrected chi connectivity index (χ1v) is 9.83. The number of carbonyl (C=O) groups is 1. The zero-order valence-corrected chi connectivity index (χ0v) is 16.0. The second-order valence-corrected chi connectivity index (χ2v) is 7.80. The molecule has 0 unspecified atom stereocenters. The summed E-state index contributed by atoms with van der Waals surface area (Å²) < 4.78 is 75.7. The number of hydrogen-bond donors (Lipinski definition) is 2. The van der Waals surface area contributed by atoms with Gasteiger partial charge in [-0.15, -0.1) is 0 Å². The SMILES string of the molecule is NC/C(=C\F)COc1ccc(S(=O)(=O)N2CCCCC2)cn1.O=C(O)C(F)(F)F. The standard InChI is InChI=1S/C14H20FN3O3S.C2HF3O2/c15-8-12(9-16)11-21-14-5-4-13(10-17-14)22(19,20)18-6-2-1-3-7-18;3-2(4,5)1(6)7/h4-5,8,10H,1-3,6-7,9,11,16H2;(H,6,7)/b12-8+;. The summed E-state index contributed by atoms with van der Waals surface area (Å²) in [5, 5.41) is 7.12. The maximum absolute atomic E-state index is 12.4. The van der Waals surface area contributed by atoms with Gasteiger partial charge in [0.15, 0.2) is 0 Å². The van der Waals surface area contributed by atoms with Gasteiger partial charge in [-0.05, 0) is 18.9 Å². The molecule has 29 heavy (non-hydrogen) atoms. The van der Waals surface area contributed by atoms with Gasteiger partial charge in [0, 0.05) is 31.3 Å². The molecule has 0 amide bonds. The number of nitrogens with zero attached hydrogens (tertiary/aromatic N) is 2. The van der Waals surface area contributed by atoms with Crippen molar-refractivity contribution in [1.82, 2.24) is 9.29 Å². The molecule has 1 fully saturated rings. The Bertz CT molecular complexity index is 792. The maximum Gasteiger partial charge on any atom is 0.490 e. The van der Waals surface area contributed by atoms with Crippen molar-refractivity contribution in [2.45, 2.75) is 30.3 Å². The number of pyridine rings is 1. The average molecular weight is 443 g/mol. The van der Waals surface area contributed by atoms with E-state index in [-0.39, 0.29) is 23.9 Å². The number of nitrogens with two attached hydrogens (primary N) is 1. The van der Waals surface area contributed by atoms with Gasteiger partial charge in [0.05, 0.1) is 12.5 Å². The van der Waals surface area contributed by atoms with Crippen molar-refractivity contribution < 1.29 is 40.6 Å². The van der Waals surface area contributed by atoms with E-state index in [1.807, 2.05) is 0 Å². The summed E-state index contributed by atoms with van der Waals surface area (Å²) in [6, 6.07) is 2.91. The molecule has 1 saturated heterocycles. The van der Waals surface area contributed by atoms with Crippen LogP contribution in [-0.2, 0) is 14.8 Å². The Morgan fingerprint density at radius 1 is 1.28 bits per heavy atom. The Labute approximate surface area is 165 Å². The number of hydrogen-bond acceptors (Lipinski definition) is 6. The normalized spacial score (nSPS) is 16.0. The Hall–Kier alpha value is -2.25. The molecular formula is C16H21F4N3O5S. The third-order valence-corrected chi connectivity index (χ3v) is 5.61. The smallest absolute Gasteiger partial charge is 0.475 e. The second-order valence-electron chi connectivity index (χ2n) is 5.86. The zero-order chi connectivity index (χ0) is 22.1. The van der Waals surface area contributed by atoms with Gasteiger partial charge in [0.25, 0.3) is 0 Å². The van der Waals surface area contributed by atoms with Gasteiger partial charge in [0.1, 0.15) is 11.5 Å². The van der Waals surface area contributed by atoms with E-state index in [0.717, 1.165) is 19.3 Å². The number of carboxylic acids is 1. The quantitative estimate of drug-likeness (QED) is 0.646. The molecule has 0 spiro atoms. The van der Waals surface area contributed by atoms with Gasteiger partial charge in [-0.1, -0.05) is 6.42 Å². The highest BCUT2D eigenvalue weighted by atomic mass is 32.2. The highest BCUT2D eigenvalue weighted by Crippen LogP contribution is 2.21. The molecule has 2 rings (SSSR count). The van der Waals surface area contributed by atoms with E-state index < -0.39 is 22.2 Å². The molecule has 0 aliphatic carbocycles. The lowest BCUT2D eigenvalue weighted by Gasteiger charge is -2.25. The number of aliphatic carboxylic acids is 1. The van der Waals surface area contributed by atoms with Gasteiger partial charge in [-0.3, -0.25) is 0 Å². The predicted octanol–water partition coefficient (Wildman–Crippen LogP) is 2.08. The number of piperidine rings is 1. The van der Waals surface area contributed by atoms with Crippen LogP contribution in [0, 0.1) is 0 Å². The molecule has 0 aromatic carbocycles. The summed E-state index contributed by atoms with van der Waals surface area (Å²) in [5.41, 5.74) is 5.62. The number of rotatable bonds is 6. The number of aromatic nitrogens is 1. The first-order valence-electron chi connectivity index (χ1n) is 8.39. The lowest BCUT2D eigenvalue weighted by atomic mass is 10.2. The molecule has 3 N–H and O–H groups in total. The topological polar surface area (TPSA) is 123 Å². The van der Waals surface area contributed by atoms with Crippen LogP contribution in [0.3, 0.4) is 0 Å². The van der Waals surface area contributed by atoms with E-state index in [2.05, 4.69) is 4.98 Å². The molecule has 8 nitrogen and oxygen atoms in total. The molecule has 1 aromatic rings. The maximum atomic E-state index is 12.4. The molecule has 164 valence electrons. The minimum atomic E-state index is -5.08. The minimum absolute atomic E-state index is 0.0157. The van der Waals surface area contributed by atoms with Crippen LogP contribution in [0.1, 0.15) is 19.3 Å². The van der Waals surface area contributed by atoms with Gasteiger partial charge < -0.3 is 15.6 Å². The molecule has 1 aromatic heterocycles. The number of carboxylic acid groups (broad SMARTS) is 1. The lowest BCUT2D eigenvalue weighted by Crippen LogP contribution is -2.35. The first kappa shape index (κ1) is 24.8. The second kappa shape index (κ2) is 11.1. The van der Waals surface area contributed by atoms with Gasteiger partial charge in [-0.2, -0.15) is 17.5 Å². The van der Waals surface area contributed by atoms with Crippen LogP contribution in [0.5, 0.6) is 5.88 Å². The van der Waals surface area contributed by atoms with E-state index in [1.54, 1.807) is 0 Å². The minimum Gasteiger partial charge on any atom is -0.475 e. The zero-order valence-electron chi connectivity index (χ0n) is 15.2. The summed E-state index contributed by atoms with van der Waals surface area (Å²) in [7, 11) is -3.50. The van der Waals surface area contributed by atoms with Crippen LogP contribution >= 0.6 is 0 Å². The highest BCUT2D eigenvalue weighted by molar-refractivity contribution is 7.89. The highest BCUT2D eigenvalue weighted by Gasteiger charge is 2.38. The molecule has 0 atom stereocenters. The summed E-state index contributed by atoms with van der Waals surface area (Å²) in [4.78, 5) is 13.0. The molecule has 1 aliphatic heterocycles. The molecule has 0 radical (unpaired) electrons. The van der Waals surface area contributed by atoms with E-state index in [1.165, 1.54) is 22.6 Å². The average Bonchev–Trinajstić information content (AvgIpc) is 2.69. The molecule has 13 heteroatoms. The number of alkyl halides is 3.